The van der Waals surface area contributed by atoms with Gasteiger partial charge >= 0.3 is 0 Å². The maximum absolute atomic E-state index is 12.3. The molecular formula is C12H14ClF2NO4S. The van der Waals surface area contributed by atoms with Crippen LogP contribution in [0.1, 0.15) is 17.3 Å². The number of amides is 1. The number of rotatable bonds is 6. The smallest absolute Gasteiger partial charge is 0.265 e. The summed E-state index contributed by atoms with van der Waals surface area (Å²) < 4.78 is 52.6. The van der Waals surface area contributed by atoms with E-state index in [9.17, 15) is 22.0 Å². The van der Waals surface area contributed by atoms with Crippen LogP contribution < -0.4 is 4.74 Å². The summed E-state index contributed by atoms with van der Waals surface area (Å²) in [7, 11) is 2.35. The number of ether oxygens (including phenoxy) is 1. The Hall–Kier alpha value is -1.41. The van der Waals surface area contributed by atoms with Crippen molar-refractivity contribution >= 4 is 25.6 Å². The molecule has 9 heteroatoms. The van der Waals surface area contributed by atoms with Crippen molar-refractivity contribution < 1.29 is 26.7 Å². The molecular weight excluding hydrogens is 328 g/mol. The molecule has 1 aromatic carbocycles. The zero-order valence-corrected chi connectivity index (χ0v) is 12.9. The highest BCUT2D eigenvalue weighted by Crippen LogP contribution is 2.28. The van der Waals surface area contributed by atoms with E-state index in [-0.39, 0.29) is 22.8 Å². The summed E-state index contributed by atoms with van der Waals surface area (Å²) in [6.07, 6.45) is -2.68. The van der Waals surface area contributed by atoms with E-state index in [4.69, 9.17) is 15.4 Å². The Labute approximate surface area is 125 Å². The lowest BCUT2D eigenvalue weighted by atomic mass is 10.2. The normalized spacial score (nSPS) is 11.5. The summed E-state index contributed by atoms with van der Waals surface area (Å²) in [5, 5.41) is 0. The number of benzene rings is 1. The number of hydrogen-bond acceptors (Lipinski definition) is 4. The summed E-state index contributed by atoms with van der Waals surface area (Å²) in [5.74, 6) is -0.736. The molecule has 1 rings (SSSR count). The molecule has 0 aliphatic rings. The second kappa shape index (κ2) is 7.04. The van der Waals surface area contributed by atoms with Crippen LogP contribution in [0.25, 0.3) is 0 Å². The quantitative estimate of drug-likeness (QED) is 0.745. The van der Waals surface area contributed by atoms with Gasteiger partial charge in [-0.2, -0.15) is 0 Å². The van der Waals surface area contributed by atoms with Crippen LogP contribution in [0.3, 0.4) is 0 Å². The first-order valence-corrected chi connectivity index (χ1v) is 8.22. The second-order valence-corrected chi connectivity index (χ2v) is 6.64. The van der Waals surface area contributed by atoms with Gasteiger partial charge in [-0.1, -0.05) is 0 Å². The average molecular weight is 342 g/mol. The van der Waals surface area contributed by atoms with E-state index >= 15 is 0 Å². The highest BCUT2D eigenvalue weighted by Gasteiger charge is 2.22. The monoisotopic (exact) mass is 341 g/mol. The van der Waals surface area contributed by atoms with Crippen molar-refractivity contribution in [3.63, 3.8) is 0 Å². The van der Waals surface area contributed by atoms with Crippen molar-refractivity contribution in [1.82, 2.24) is 4.90 Å². The number of nitrogens with zero attached hydrogens (tertiary/aromatic N) is 1. The number of halogens is 3. The highest BCUT2D eigenvalue weighted by atomic mass is 35.7. The molecule has 0 spiro atoms. The largest absolute Gasteiger partial charge is 0.492 e. The third-order valence-electron chi connectivity index (χ3n) is 2.51. The van der Waals surface area contributed by atoms with Gasteiger partial charge in [0, 0.05) is 23.3 Å². The van der Waals surface area contributed by atoms with Crippen molar-refractivity contribution in [2.24, 2.45) is 0 Å². The molecule has 0 aliphatic carbocycles. The molecule has 0 aromatic heterocycles. The van der Waals surface area contributed by atoms with Gasteiger partial charge in [0.15, 0.2) is 0 Å². The zero-order chi connectivity index (χ0) is 16.2. The van der Waals surface area contributed by atoms with E-state index in [2.05, 4.69) is 0 Å². The SMILES string of the molecule is CCOc1ccc(C(=O)N(C)CC(F)F)cc1S(=O)(=O)Cl. The minimum absolute atomic E-state index is 0.000521. The summed E-state index contributed by atoms with van der Waals surface area (Å²) in [5.41, 5.74) is -0.0687. The van der Waals surface area contributed by atoms with Gasteiger partial charge in [0.25, 0.3) is 21.4 Å². The highest BCUT2D eigenvalue weighted by molar-refractivity contribution is 8.13. The van der Waals surface area contributed by atoms with Gasteiger partial charge in [-0.05, 0) is 25.1 Å². The molecule has 0 aliphatic heterocycles. The van der Waals surface area contributed by atoms with Crippen LogP contribution in [0.15, 0.2) is 23.1 Å². The predicted molar refractivity (Wildman–Crippen MR) is 73.6 cm³/mol. The van der Waals surface area contributed by atoms with Gasteiger partial charge in [-0.15, -0.1) is 0 Å². The third kappa shape index (κ3) is 4.82. The van der Waals surface area contributed by atoms with Gasteiger partial charge < -0.3 is 9.64 Å². The Kier molecular flexibility index (Phi) is 5.91. The molecule has 0 radical (unpaired) electrons. The summed E-state index contributed by atoms with van der Waals surface area (Å²) >= 11 is 0. The third-order valence-corrected chi connectivity index (χ3v) is 3.85. The van der Waals surface area contributed by atoms with Crippen molar-refractivity contribution in [3.05, 3.63) is 23.8 Å². The summed E-state index contributed by atoms with van der Waals surface area (Å²) in [6.45, 7) is 1.10. The molecule has 0 bridgehead atoms. The van der Waals surface area contributed by atoms with E-state index in [1.54, 1.807) is 6.92 Å². The lowest BCUT2D eigenvalue weighted by Gasteiger charge is -2.17. The molecule has 0 fully saturated rings. The summed E-state index contributed by atoms with van der Waals surface area (Å²) in [6, 6.07) is 3.57. The van der Waals surface area contributed by atoms with E-state index in [0.717, 1.165) is 11.0 Å². The van der Waals surface area contributed by atoms with Crippen molar-refractivity contribution in [1.29, 1.82) is 0 Å². The molecule has 0 unspecified atom stereocenters. The molecule has 0 N–H and O–H groups in total. The molecule has 1 amide bonds. The van der Waals surface area contributed by atoms with Gasteiger partial charge in [-0.25, -0.2) is 17.2 Å². The number of hydrogen-bond donors (Lipinski definition) is 0. The van der Waals surface area contributed by atoms with E-state index in [0.29, 0.717) is 0 Å². The molecule has 5 nitrogen and oxygen atoms in total. The van der Waals surface area contributed by atoms with E-state index < -0.39 is 27.9 Å². The lowest BCUT2D eigenvalue weighted by molar-refractivity contribution is 0.0620. The van der Waals surface area contributed by atoms with Gasteiger partial charge in [0.05, 0.1) is 13.2 Å². The second-order valence-electron chi connectivity index (χ2n) is 4.11. The van der Waals surface area contributed by atoms with Crippen LogP contribution in [0.4, 0.5) is 8.78 Å². The molecule has 0 saturated heterocycles. The summed E-state index contributed by atoms with van der Waals surface area (Å²) in [4.78, 5) is 12.4. The average Bonchev–Trinajstić information content (AvgIpc) is 2.36. The predicted octanol–water partition coefficient (Wildman–Crippen LogP) is 2.35. The Balaban J connectivity index is 3.19. The molecule has 0 heterocycles. The van der Waals surface area contributed by atoms with Crippen LogP contribution in [0.5, 0.6) is 5.75 Å². The maximum Gasteiger partial charge on any atom is 0.265 e. The Morgan fingerprint density at radius 1 is 1.43 bits per heavy atom. The number of carbonyl (C=O) groups excluding carboxylic acids is 1. The first kappa shape index (κ1) is 17.6. The van der Waals surface area contributed by atoms with Crippen LogP contribution in [-0.2, 0) is 9.05 Å². The van der Waals surface area contributed by atoms with Gasteiger partial charge in [-0.3, -0.25) is 4.79 Å². The fraction of sp³-hybridized carbons (Fsp3) is 0.417. The fourth-order valence-electron chi connectivity index (χ4n) is 1.62. The molecule has 1 aromatic rings. The minimum Gasteiger partial charge on any atom is -0.492 e. The van der Waals surface area contributed by atoms with Crippen LogP contribution >= 0.6 is 10.7 Å². The van der Waals surface area contributed by atoms with Gasteiger partial charge in [0.2, 0.25) is 0 Å². The standard InChI is InChI=1S/C12H14ClF2NO4S/c1-3-20-9-5-4-8(6-10(9)21(13,18)19)12(17)16(2)7-11(14)15/h4-6,11H,3,7H2,1-2H3. The van der Waals surface area contributed by atoms with Crippen LogP contribution in [0.2, 0.25) is 0 Å². The Bertz CT molecular complexity index is 622. The van der Waals surface area contributed by atoms with E-state index in [1.165, 1.54) is 19.2 Å². The minimum atomic E-state index is -4.13. The Morgan fingerprint density at radius 3 is 2.52 bits per heavy atom. The van der Waals surface area contributed by atoms with Crippen LogP contribution in [-0.4, -0.2) is 45.8 Å². The molecule has 118 valence electrons. The fourth-order valence-corrected chi connectivity index (χ4v) is 2.61. The lowest BCUT2D eigenvalue weighted by Crippen LogP contribution is -2.31. The molecule has 0 atom stereocenters. The maximum atomic E-state index is 12.3. The van der Waals surface area contributed by atoms with E-state index in [1.807, 2.05) is 0 Å². The van der Waals surface area contributed by atoms with Gasteiger partial charge in [0.1, 0.15) is 10.6 Å². The first-order chi connectivity index (χ1) is 9.66. The first-order valence-electron chi connectivity index (χ1n) is 5.92. The molecule has 0 saturated carbocycles. The molecule has 21 heavy (non-hydrogen) atoms. The van der Waals surface area contributed by atoms with Crippen molar-refractivity contribution in [2.75, 3.05) is 20.2 Å². The number of carbonyl (C=O) groups is 1. The van der Waals surface area contributed by atoms with Crippen molar-refractivity contribution in [2.45, 2.75) is 18.2 Å². The van der Waals surface area contributed by atoms with Crippen LogP contribution in [0, 0.1) is 0 Å². The topological polar surface area (TPSA) is 63.7 Å². The zero-order valence-electron chi connectivity index (χ0n) is 11.3. The number of alkyl halides is 2. The van der Waals surface area contributed by atoms with Crippen molar-refractivity contribution in [3.8, 4) is 5.75 Å². The Morgan fingerprint density at radius 2 is 2.05 bits per heavy atom.